The fraction of sp³-hybridized carbons (Fsp3) is 0.391. The van der Waals surface area contributed by atoms with Crippen LogP contribution in [0.1, 0.15) is 13.9 Å². The minimum atomic E-state index is -0.919. The second kappa shape index (κ2) is 8.84. The van der Waals surface area contributed by atoms with E-state index < -0.39 is 11.6 Å². The van der Waals surface area contributed by atoms with Crippen LogP contribution in [0.25, 0.3) is 5.69 Å². The van der Waals surface area contributed by atoms with Crippen molar-refractivity contribution in [3.8, 4) is 5.69 Å². The van der Waals surface area contributed by atoms with E-state index in [4.69, 9.17) is 4.74 Å². The van der Waals surface area contributed by atoms with Gasteiger partial charge in [0.05, 0.1) is 24.9 Å². The SMILES string of the molecule is CCc1cc(Nc2ncn(-c3ccc(F)c(F)c3)n2)cc(N2CCN(C3COC3)CC2)c1.[HH]. The number of halogens is 2. The molecule has 1 aromatic heterocycles. The molecular formula is C23H28F2N6O. The summed E-state index contributed by atoms with van der Waals surface area (Å²) < 4.78 is 33.5. The number of piperazine rings is 1. The smallest absolute Gasteiger partial charge is 0.246 e. The molecule has 2 aliphatic rings. The molecule has 32 heavy (non-hydrogen) atoms. The van der Waals surface area contributed by atoms with Crippen LogP contribution in [0.15, 0.2) is 42.7 Å². The average molecular weight is 443 g/mol. The predicted octanol–water partition coefficient (Wildman–Crippen LogP) is 3.62. The highest BCUT2D eigenvalue weighted by Gasteiger charge is 2.29. The summed E-state index contributed by atoms with van der Waals surface area (Å²) in [7, 11) is 0. The molecule has 0 aliphatic carbocycles. The molecule has 0 radical (unpaired) electrons. The maximum absolute atomic E-state index is 13.5. The first kappa shape index (κ1) is 20.8. The monoisotopic (exact) mass is 442 g/mol. The summed E-state index contributed by atoms with van der Waals surface area (Å²) in [6.07, 6.45) is 2.39. The lowest BCUT2D eigenvalue weighted by Crippen LogP contribution is -2.56. The Kier molecular flexibility index (Phi) is 5.75. The number of aryl methyl sites for hydroxylation is 1. The first-order valence-electron chi connectivity index (χ1n) is 10.9. The molecule has 170 valence electrons. The lowest BCUT2D eigenvalue weighted by Gasteiger charge is -2.43. The Hall–Kier alpha value is -3.04. The van der Waals surface area contributed by atoms with Crippen molar-refractivity contribution in [2.45, 2.75) is 19.4 Å². The molecule has 0 spiro atoms. The minimum Gasteiger partial charge on any atom is -0.378 e. The van der Waals surface area contributed by atoms with E-state index in [1.54, 1.807) is 0 Å². The normalized spacial score (nSPS) is 17.4. The third kappa shape index (κ3) is 4.31. The number of aromatic nitrogens is 3. The molecule has 3 heterocycles. The number of nitrogens with zero attached hydrogens (tertiary/aromatic N) is 5. The third-order valence-corrected chi connectivity index (χ3v) is 6.12. The number of rotatable bonds is 6. The maximum atomic E-state index is 13.5. The number of ether oxygens (including phenoxy) is 1. The summed E-state index contributed by atoms with van der Waals surface area (Å²) in [6.45, 7) is 7.86. The van der Waals surface area contributed by atoms with Gasteiger partial charge in [0.2, 0.25) is 5.95 Å². The van der Waals surface area contributed by atoms with E-state index in [1.807, 2.05) is 0 Å². The van der Waals surface area contributed by atoms with Crippen molar-refractivity contribution >= 4 is 17.3 Å². The molecular weight excluding hydrogens is 414 g/mol. The van der Waals surface area contributed by atoms with Crippen LogP contribution in [0.4, 0.5) is 26.1 Å². The highest BCUT2D eigenvalue weighted by atomic mass is 19.2. The summed E-state index contributed by atoms with van der Waals surface area (Å²) in [4.78, 5) is 9.20. The van der Waals surface area contributed by atoms with Gasteiger partial charge in [0.15, 0.2) is 11.6 Å². The molecule has 0 saturated carbocycles. The minimum absolute atomic E-state index is 0. The molecule has 7 nitrogen and oxygen atoms in total. The first-order valence-corrected chi connectivity index (χ1v) is 10.9. The van der Waals surface area contributed by atoms with Crippen molar-refractivity contribution in [3.05, 3.63) is 59.9 Å². The lowest BCUT2D eigenvalue weighted by atomic mass is 10.1. The standard InChI is InChI=1S/C23H26F2N6O.H2/c1-2-16-9-17(11-19(10-16)29-5-7-30(8-6-29)20-13-32-14-20)27-23-26-15-31(28-23)18-3-4-21(24)22(25)12-18;/h3-4,9-12,15,20H,2,5-8,13-14H2,1H3,(H,27,28);1H. The van der Waals surface area contributed by atoms with E-state index in [1.165, 1.54) is 28.3 Å². The van der Waals surface area contributed by atoms with Gasteiger partial charge in [-0.2, -0.15) is 4.98 Å². The first-order chi connectivity index (χ1) is 15.6. The predicted molar refractivity (Wildman–Crippen MR) is 121 cm³/mol. The Morgan fingerprint density at radius 1 is 1.03 bits per heavy atom. The van der Waals surface area contributed by atoms with Gasteiger partial charge in [-0.05, 0) is 42.3 Å². The van der Waals surface area contributed by atoms with E-state index in [0.717, 1.165) is 63.6 Å². The summed E-state index contributed by atoms with van der Waals surface area (Å²) in [6, 6.07) is 10.6. The second-order valence-corrected chi connectivity index (χ2v) is 8.19. The molecule has 0 atom stereocenters. The van der Waals surface area contributed by atoms with Crippen molar-refractivity contribution in [1.29, 1.82) is 0 Å². The van der Waals surface area contributed by atoms with Crippen molar-refractivity contribution in [2.75, 3.05) is 49.6 Å². The molecule has 5 rings (SSSR count). The summed E-state index contributed by atoms with van der Waals surface area (Å²) in [5, 5.41) is 7.62. The van der Waals surface area contributed by atoms with Crippen LogP contribution in [0.5, 0.6) is 0 Å². The van der Waals surface area contributed by atoms with E-state index >= 15 is 0 Å². The Morgan fingerprint density at radius 3 is 2.53 bits per heavy atom. The molecule has 0 bridgehead atoms. The molecule has 2 fully saturated rings. The fourth-order valence-electron chi connectivity index (χ4n) is 4.11. The molecule has 2 aliphatic heterocycles. The molecule has 9 heteroatoms. The van der Waals surface area contributed by atoms with Gasteiger partial charge in [0.25, 0.3) is 0 Å². The molecule has 0 amide bonds. The lowest BCUT2D eigenvalue weighted by molar-refractivity contribution is -0.0660. The van der Waals surface area contributed by atoms with Crippen molar-refractivity contribution < 1.29 is 14.9 Å². The average Bonchev–Trinajstić information content (AvgIpc) is 3.23. The zero-order valence-electron chi connectivity index (χ0n) is 18.0. The summed E-state index contributed by atoms with van der Waals surface area (Å²) >= 11 is 0. The van der Waals surface area contributed by atoms with Gasteiger partial charge in [0, 0.05) is 45.0 Å². The zero-order valence-corrected chi connectivity index (χ0v) is 18.0. The van der Waals surface area contributed by atoms with Crippen LogP contribution in [0, 0.1) is 11.6 Å². The Bertz CT molecular complexity index is 1100. The van der Waals surface area contributed by atoms with Gasteiger partial charge in [-0.1, -0.05) is 6.92 Å². The topological polar surface area (TPSA) is 58.5 Å². The van der Waals surface area contributed by atoms with Crippen LogP contribution in [-0.2, 0) is 11.2 Å². The Labute approximate surface area is 187 Å². The number of anilines is 3. The number of benzene rings is 2. The van der Waals surface area contributed by atoms with Crippen LogP contribution < -0.4 is 10.2 Å². The highest BCUT2D eigenvalue weighted by molar-refractivity contribution is 5.64. The molecule has 2 saturated heterocycles. The number of hydrogen-bond acceptors (Lipinski definition) is 6. The third-order valence-electron chi connectivity index (χ3n) is 6.12. The highest BCUT2D eigenvalue weighted by Crippen LogP contribution is 2.26. The van der Waals surface area contributed by atoms with E-state index in [0.29, 0.717) is 17.7 Å². The van der Waals surface area contributed by atoms with Gasteiger partial charge >= 0.3 is 0 Å². The van der Waals surface area contributed by atoms with Crippen LogP contribution in [0.3, 0.4) is 0 Å². The van der Waals surface area contributed by atoms with Crippen LogP contribution >= 0.6 is 0 Å². The Balaban J connectivity index is 0.00000259. The molecule has 0 unspecified atom stereocenters. The van der Waals surface area contributed by atoms with Gasteiger partial charge in [-0.25, -0.2) is 13.5 Å². The van der Waals surface area contributed by atoms with Gasteiger partial charge in [-0.15, -0.1) is 5.10 Å². The van der Waals surface area contributed by atoms with E-state index in [-0.39, 0.29) is 1.43 Å². The molecule has 3 aromatic rings. The Morgan fingerprint density at radius 2 is 1.84 bits per heavy atom. The van der Waals surface area contributed by atoms with Crippen molar-refractivity contribution in [3.63, 3.8) is 0 Å². The number of nitrogens with one attached hydrogen (secondary N) is 1. The van der Waals surface area contributed by atoms with Crippen LogP contribution in [-0.4, -0.2) is 65.1 Å². The van der Waals surface area contributed by atoms with Crippen LogP contribution in [0.2, 0.25) is 0 Å². The maximum Gasteiger partial charge on any atom is 0.246 e. The molecule has 1 N–H and O–H groups in total. The van der Waals surface area contributed by atoms with Crippen molar-refractivity contribution in [2.24, 2.45) is 0 Å². The summed E-state index contributed by atoms with van der Waals surface area (Å²) in [5.41, 5.74) is 3.70. The molecule has 2 aromatic carbocycles. The summed E-state index contributed by atoms with van der Waals surface area (Å²) in [5.74, 6) is -1.42. The van der Waals surface area contributed by atoms with Gasteiger partial charge < -0.3 is 15.0 Å². The number of hydrogen-bond donors (Lipinski definition) is 1. The quantitative estimate of drug-likeness (QED) is 0.629. The van der Waals surface area contributed by atoms with E-state index in [9.17, 15) is 8.78 Å². The van der Waals surface area contributed by atoms with Gasteiger partial charge in [-0.3, -0.25) is 4.90 Å². The fourth-order valence-corrected chi connectivity index (χ4v) is 4.11. The van der Waals surface area contributed by atoms with Gasteiger partial charge in [0.1, 0.15) is 6.33 Å². The zero-order chi connectivity index (χ0) is 22.1. The second-order valence-electron chi connectivity index (χ2n) is 8.19. The van der Waals surface area contributed by atoms with E-state index in [2.05, 4.69) is 50.3 Å². The largest absolute Gasteiger partial charge is 0.378 e. The van der Waals surface area contributed by atoms with Crippen molar-refractivity contribution in [1.82, 2.24) is 19.7 Å².